The number of hydrogen-bond acceptors (Lipinski definition) is 2. The van der Waals surface area contributed by atoms with Crippen LogP contribution in [-0.2, 0) is 4.79 Å². The highest BCUT2D eigenvalue weighted by Gasteiger charge is 2.28. The fraction of sp³-hybridized carbons (Fsp3) is 0.364. The van der Waals surface area contributed by atoms with Crippen LogP contribution in [-0.4, -0.2) is 29.8 Å². The number of rotatable bonds is 4. The number of carbonyl (C=O) groups is 2. The number of aryl methyl sites for hydroxylation is 1. The van der Waals surface area contributed by atoms with Crippen molar-refractivity contribution in [3.8, 4) is 0 Å². The van der Waals surface area contributed by atoms with Gasteiger partial charge in [-0.25, -0.2) is 0 Å². The third-order valence-corrected chi connectivity index (χ3v) is 5.19. The zero-order valence-electron chi connectivity index (χ0n) is 15.4. The molecule has 4 nitrogen and oxygen atoms in total. The van der Waals surface area contributed by atoms with Crippen molar-refractivity contribution < 1.29 is 9.59 Å². The van der Waals surface area contributed by atoms with Crippen LogP contribution in [0, 0.1) is 12.8 Å². The van der Waals surface area contributed by atoms with Crippen molar-refractivity contribution in [1.29, 1.82) is 0 Å². The minimum Gasteiger partial charge on any atom is -0.349 e. The molecular formula is C22H26N2O2. The topological polar surface area (TPSA) is 49.4 Å². The predicted octanol–water partition coefficient (Wildman–Crippen LogP) is 3.72. The highest BCUT2D eigenvalue weighted by atomic mass is 16.2. The summed E-state index contributed by atoms with van der Waals surface area (Å²) in [5, 5.41) is 3.11. The first-order chi connectivity index (χ1) is 12.6. The first-order valence-corrected chi connectivity index (χ1v) is 9.26. The van der Waals surface area contributed by atoms with E-state index in [0.717, 1.165) is 16.7 Å². The minimum absolute atomic E-state index is 0.00432. The Kier molecular flexibility index (Phi) is 5.71. The van der Waals surface area contributed by atoms with Gasteiger partial charge in [0.2, 0.25) is 5.91 Å². The van der Waals surface area contributed by atoms with E-state index >= 15 is 0 Å². The number of nitrogens with one attached hydrogen (secondary N) is 1. The molecule has 1 aliphatic heterocycles. The predicted molar refractivity (Wildman–Crippen MR) is 103 cm³/mol. The molecule has 2 aromatic carbocycles. The number of benzene rings is 2. The van der Waals surface area contributed by atoms with Gasteiger partial charge in [-0.1, -0.05) is 48.5 Å². The number of piperidine rings is 1. The van der Waals surface area contributed by atoms with Gasteiger partial charge < -0.3 is 10.2 Å². The largest absolute Gasteiger partial charge is 0.349 e. The molecule has 0 spiro atoms. The van der Waals surface area contributed by atoms with E-state index < -0.39 is 0 Å². The van der Waals surface area contributed by atoms with Crippen molar-refractivity contribution in [1.82, 2.24) is 10.2 Å². The molecule has 1 aliphatic rings. The smallest absolute Gasteiger partial charge is 0.254 e. The molecule has 0 aliphatic carbocycles. The summed E-state index contributed by atoms with van der Waals surface area (Å²) in [7, 11) is 0. The second kappa shape index (κ2) is 8.17. The van der Waals surface area contributed by atoms with Gasteiger partial charge in [-0.2, -0.15) is 0 Å². The van der Waals surface area contributed by atoms with E-state index in [-0.39, 0.29) is 23.8 Å². The molecule has 1 N–H and O–H groups in total. The van der Waals surface area contributed by atoms with E-state index in [4.69, 9.17) is 0 Å². The van der Waals surface area contributed by atoms with E-state index in [9.17, 15) is 9.59 Å². The van der Waals surface area contributed by atoms with Crippen LogP contribution in [0.1, 0.15) is 47.3 Å². The number of likely N-dealkylation sites (tertiary alicyclic amines) is 1. The molecule has 1 atom stereocenters. The summed E-state index contributed by atoms with van der Waals surface area (Å²) in [6.45, 7) is 5.22. The molecule has 0 radical (unpaired) electrons. The van der Waals surface area contributed by atoms with Gasteiger partial charge in [0.15, 0.2) is 0 Å². The van der Waals surface area contributed by atoms with Crippen molar-refractivity contribution in [3.05, 3.63) is 71.3 Å². The molecule has 1 heterocycles. The summed E-state index contributed by atoms with van der Waals surface area (Å²) in [6, 6.07) is 17.6. The lowest BCUT2D eigenvalue weighted by Crippen LogP contribution is -2.43. The van der Waals surface area contributed by atoms with Gasteiger partial charge in [0, 0.05) is 24.6 Å². The van der Waals surface area contributed by atoms with Crippen molar-refractivity contribution >= 4 is 11.8 Å². The first kappa shape index (κ1) is 18.2. The lowest BCUT2D eigenvalue weighted by molar-refractivity contribution is -0.126. The van der Waals surface area contributed by atoms with E-state index in [1.165, 1.54) is 0 Å². The van der Waals surface area contributed by atoms with Gasteiger partial charge in [0.05, 0.1) is 6.04 Å². The molecule has 2 amide bonds. The standard InChI is InChI=1S/C22H26N2O2/c1-16-8-6-7-11-20(16)22(26)24-14-12-19(13-15-24)21(25)23-17(2)18-9-4-3-5-10-18/h3-11,17,19H,12-15H2,1-2H3,(H,23,25)/t17-/m0/s1. The molecule has 1 saturated heterocycles. The summed E-state index contributed by atoms with van der Waals surface area (Å²) in [4.78, 5) is 27.1. The molecule has 0 aromatic heterocycles. The molecule has 136 valence electrons. The molecule has 3 rings (SSSR count). The Balaban J connectivity index is 1.54. The van der Waals surface area contributed by atoms with Crippen molar-refractivity contribution in [2.75, 3.05) is 13.1 Å². The highest BCUT2D eigenvalue weighted by molar-refractivity contribution is 5.95. The third kappa shape index (κ3) is 4.13. The SMILES string of the molecule is Cc1ccccc1C(=O)N1CCC(C(=O)N[C@@H](C)c2ccccc2)CC1. The van der Waals surface area contributed by atoms with Crippen molar-refractivity contribution in [2.45, 2.75) is 32.7 Å². The lowest BCUT2D eigenvalue weighted by Gasteiger charge is -2.32. The lowest BCUT2D eigenvalue weighted by atomic mass is 9.94. The summed E-state index contributed by atoms with van der Waals surface area (Å²) in [6.07, 6.45) is 1.43. The molecule has 0 unspecified atom stereocenters. The Labute approximate surface area is 155 Å². The summed E-state index contributed by atoms with van der Waals surface area (Å²) >= 11 is 0. The van der Waals surface area contributed by atoms with Crippen molar-refractivity contribution in [3.63, 3.8) is 0 Å². The minimum atomic E-state index is -0.0258. The van der Waals surface area contributed by atoms with Crippen LogP contribution >= 0.6 is 0 Å². The molecule has 0 bridgehead atoms. The van der Waals surface area contributed by atoms with Gasteiger partial charge in [-0.15, -0.1) is 0 Å². The normalized spacial score (nSPS) is 16.2. The maximum absolute atomic E-state index is 12.7. The van der Waals surface area contributed by atoms with Gasteiger partial charge in [-0.3, -0.25) is 9.59 Å². The van der Waals surface area contributed by atoms with E-state index in [0.29, 0.717) is 25.9 Å². The van der Waals surface area contributed by atoms with E-state index in [1.807, 2.05) is 73.3 Å². The quantitative estimate of drug-likeness (QED) is 0.913. The van der Waals surface area contributed by atoms with Gasteiger partial charge >= 0.3 is 0 Å². The molecule has 4 heteroatoms. The maximum Gasteiger partial charge on any atom is 0.254 e. The van der Waals surface area contributed by atoms with Crippen LogP contribution in [0.5, 0.6) is 0 Å². The van der Waals surface area contributed by atoms with Gasteiger partial charge in [-0.05, 0) is 43.9 Å². The van der Waals surface area contributed by atoms with Crippen LogP contribution in [0.2, 0.25) is 0 Å². The zero-order chi connectivity index (χ0) is 18.5. The van der Waals surface area contributed by atoms with Gasteiger partial charge in [0.25, 0.3) is 5.91 Å². The molecule has 2 aromatic rings. The maximum atomic E-state index is 12.7. The molecule has 0 saturated carbocycles. The second-order valence-electron chi connectivity index (χ2n) is 7.02. The van der Waals surface area contributed by atoms with Crippen LogP contribution in [0.15, 0.2) is 54.6 Å². The van der Waals surface area contributed by atoms with Gasteiger partial charge in [0.1, 0.15) is 0 Å². The molecule has 26 heavy (non-hydrogen) atoms. The summed E-state index contributed by atoms with van der Waals surface area (Å²) < 4.78 is 0. The van der Waals surface area contributed by atoms with Crippen LogP contribution in [0.3, 0.4) is 0 Å². The first-order valence-electron chi connectivity index (χ1n) is 9.26. The average molecular weight is 350 g/mol. The highest BCUT2D eigenvalue weighted by Crippen LogP contribution is 2.22. The van der Waals surface area contributed by atoms with Crippen LogP contribution in [0.4, 0.5) is 0 Å². The zero-order valence-corrected chi connectivity index (χ0v) is 15.4. The van der Waals surface area contributed by atoms with Crippen molar-refractivity contribution in [2.24, 2.45) is 5.92 Å². The Morgan fingerprint density at radius 1 is 1.00 bits per heavy atom. The Morgan fingerprint density at radius 3 is 2.27 bits per heavy atom. The van der Waals surface area contributed by atoms with Crippen LogP contribution in [0.25, 0.3) is 0 Å². The summed E-state index contributed by atoms with van der Waals surface area (Å²) in [5.41, 5.74) is 2.86. The average Bonchev–Trinajstić information content (AvgIpc) is 2.68. The Morgan fingerprint density at radius 2 is 1.62 bits per heavy atom. The number of amides is 2. The van der Waals surface area contributed by atoms with E-state index in [1.54, 1.807) is 0 Å². The summed E-state index contributed by atoms with van der Waals surface area (Å²) in [5.74, 6) is 0.131. The monoisotopic (exact) mass is 350 g/mol. The fourth-order valence-electron chi connectivity index (χ4n) is 3.48. The van der Waals surface area contributed by atoms with Crippen LogP contribution < -0.4 is 5.32 Å². The number of carbonyl (C=O) groups excluding carboxylic acids is 2. The number of hydrogen-bond donors (Lipinski definition) is 1. The Bertz CT molecular complexity index is 765. The Hall–Kier alpha value is -2.62. The molecule has 1 fully saturated rings. The molecular weight excluding hydrogens is 324 g/mol. The number of nitrogens with zero attached hydrogens (tertiary/aromatic N) is 1. The third-order valence-electron chi connectivity index (χ3n) is 5.19. The fourth-order valence-corrected chi connectivity index (χ4v) is 3.48. The van der Waals surface area contributed by atoms with E-state index in [2.05, 4.69) is 5.32 Å². The second-order valence-corrected chi connectivity index (χ2v) is 7.02.